The molecule has 0 bridgehead atoms. The van der Waals surface area contributed by atoms with Gasteiger partial charge in [0.05, 0.1) is 20.2 Å². The molecule has 2 saturated heterocycles. The Labute approximate surface area is 222 Å². The van der Waals surface area contributed by atoms with Crippen molar-refractivity contribution in [1.82, 2.24) is 25.1 Å². The number of hydrogen-bond donors (Lipinski definition) is 2. The summed E-state index contributed by atoms with van der Waals surface area (Å²) in [7, 11) is 4.90. The molecular weight excluding hydrogens is 490 g/mol. The van der Waals surface area contributed by atoms with Gasteiger partial charge in [-0.15, -0.1) is 0 Å². The van der Waals surface area contributed by atoms with E-state index in [0.717, 1.165) is 16.9 Å². The van der Waals surface area contributed by atoms with Crippen LogP contribution in [0.3, 0.4) is 0 Å². The molecule has 2 aromatic rings. The van der Waals surface area contributed by atoms with Gasteiger partial charge < -0.3 is 29.7 Å². The van der Waals surface area contributed by atoms with Crippen LogP contribution in [0.2, 0.25) is 0 Å². The molecule has 2 N–H and O–H groups in total. The molecule has 2 unspecified atom stereocenters. The van der Waals surface area contributed by atoms with Crippen LogP contribution >= 0.6 is 0 Å². The van der Waals surface area contributed by atoms with Crippen molar-refractivity contribution >= 4 is 17.8 Å². The number of rotatable bonds is 9. The number of benzene rings is 2. The highest BCUT2D eigenvalue weighted by molar-refractivity contribution is 5.91. The van der Waals surface area contributed by atoms with E-state index in [9.17, 15) is 19.5 Å². The summed E-state index contributed by atoms with van der Waals surface area (Å²) < 4.78 is 10.4. The zero-order chi connectivity index (χ0) is 27.2. The van der Waals surface area contributed by atoms with Crippen LogP contribution in [-0.2, 0) is 27.3 Å². The zero-order valence-corrected chi connectivity index (χ0v) is 22.0. The van der Waals surface area contributed by atoms with Gasteiger partial charge in [0.25, 0.3) is 0 Å². The molecular formula is C27H35N5O6. The van der Waals surface area contributed by atoms with Crippen LogP contribution < -0.4 is 10.1 Å². The van der Waals surface area contributed by atoms with Crippen molar-refractivity contribution in [1.29, 1.82) is 0 Å². The summed E-state index contributed by atoms with van der Waals surface area (Å²) in [6.07, 6.45) is 0.237. The van der Waals surface area contributed by atoms with Gasteiger partial charge in [-0.05, 0) is 41.8 Å². The minimum absolute atomic E-state index is 0.0323. The van der Waals surface area contributed by atoms with Crippen LogP contribution in [0.1, 0.15) is 17.5 Å². The number of likely N-dealkylation sites (N-methyl/N-ethyl adjacent to an activating group) is 1. The van der Waals surface area contributed by atoms with Gasteiger partial charge in [-0.3, -0.25) is 9.59 Å². The highest BCUT2D eigenvalue weighted by Gasteiger charge is 2.50. The van der Waals surface area contributed by atoms with E-state index in [2.05, 4.69) is 5.32 Å². The van der Waals surface area contributed by atoms with Gasteiger partial charge in [-0.25, -0.2) is 14.8 Å². The molecule has 2 fully saturated rings. The second kappa shape index (κ2) is 12.1. The predicted molar refractivity (Wildman–Crippen MR) is 139 cm³/mol. The number of amides is 4. The van der Waals surface area contributed by atoms with Gasteiger partial charge in [0, 0.05) is 40.3 Å². The lowest BCUT2D eigenvalue weighted by atomic mass is 9.98. The third-order valence-electron chi connectivity index (χ3n) is 6.89. The quantitative estimate of drug-likeness (QED) is 0.476. The van der Waals surface area contributed by atoms with Crippen LogP contribution in [-0.4, -0.2) is 102 Å². The monoisotopic (exact) mass is 525 g/mol. The number of methoxy groups -OCH3 is 2. The minimum atomic E-state index is -0.779. The predicted octanol–water partition coefficient (Wildman–Crippen LogP) is 1.42. The number of phenolic OH excluding ortho intramolecular Hbond substituents is 1. The van der Waals surface area contributed by atoms with Crippen LogP contribution in [0.4, 0.5) is 4.79 Å². The van der Waals surface area contributed by atoms with E-state index in [4.69, 9.17) is 9.47 Å². The fourth-order valence-electron chi connectivity index (χ4n) is 4.96. The highest BCUT2D eigenvalue weighted by Crippen LogP contribution is 2.28. The standard InChI is InChI=1S/C27H35N5O6/c1-29-18-25(34)31-23(15-19-5-9-21(33)10-6-19)26(35)30(13-4-14-37-2)17-24(31)32(29)27(36)28-16-20-7-11-22(38-3)12-8-20/h5-12,23-24,33H,4,13-18H2,1-3H3,(H,28,36). The van der Waals surface area contributed by atoms with Crippen molar-refractivity contribution in [3.8, 4) is 11.5 Å². The third-order valence-corrected chi connectivity index (χ3v) is 6.89. The van der Waals surface area contributed by atoms with Crippen molar-refractivity contribution in [3.05, 3.63) is 59.7 Å². The normalized spacial score (nSPS) is 19.9. The lowest BCUT2D eigenvalue weighted by molar-refractivity contribution is -0.187. The van der Waals surface area contributed by atoms with Crippen molar-refractivity contribution in [3.63, 3.8) is 0 Å². The van der Waals surface area contributed by atoms with E-state index in [1.54, 1.807) is 60.3 Å². The first kappa shape index (κ1) is 27.2. The fourth-order valence-corrected chi connectivity index (χ4v) is 4.96. The Morgan fingerprint density at radius 3 is 2.39 bits per heavy atom. The van der Waals surface area contributed by atoms with Crippen LogP contribution in [0.15, 0.2) is 48.5 Å². The maximum absolute atomic E-state index is 13.6. The van der Waals surface area contributed by atoms with Gasteiger partial charge in [-0.1, -0.05) is 24.3 Å². The summed E-state index contributed by atoms with van der Waals surface area (Å²) in [5.74, 6) is 0.468. The number of carbonyl (C=O) groups excluding carboxylic acids is 3. The molecule has 204 valence electrons. The molecule has 2 aromatic carbocycles. The van der Waals surface area contributed by atoms with Gasteiger partial charge in [-0.2, -0.15) is 0 Å². The van der Waals surface area contributed by atoms with E-state index in [1.165, 1.54) is 5.01 Å². The summed E-state index contributed by atoms with van der Waals surface area (Å²) in [6, 6.07) is 12.9. The maximum Gasteiger partial charge on any atom is 0.334 e. The first-order valence-electron chi connectivity index (χ1n) is 12.6. The van der Waals surface area contributed by atoms with Crippen molar-refractivity contribution in [2.45, 2.75) is 31.6 Å². The largest absolute Gasteiger partial charge is 0.508 e. The Morgan fingerprint density at radius 1 is 1.05 bits per heavy atom. The number of nitrogens with zero attached hydrogens (tertiary/aromatic N) is 4. The number of ether oxygens (including phenoxy) is 2. The van der Waals surface area contributed by atoms with E-state index >= 15 is 0 Å². The molecule has 2 aliphatic rings. The summed E-state index contributed by atoms with van der Waals surface area (Å²) >= 11 is 0. The number of fused-ring (bicyclic) bond motifs is 1. The average molecular weight is 526 g/mol. The Kier molecular flexibility index (Phi) is 8.70. The molecule has 2 atom stereocenters. The number of phenols is 1. The summed E-state index contributed by atoms with van der Waals surface area (Å²) in [6.45, 7) is 1.39. The molecule has 11 heteroatoms. The van der Waals surface area contributed by atoms with Gasteiger partial charge in [0.15, 0.2) is 0 Å². The second-order valence-corrected chi connectivity index (χ2v) is 9.47. The molecule has 2 aliphatic heterocycles. The van der Waals surface area contributed by atoms with E-state index in [0.29, 0.717) is 26.1 Å². The second-order valence-electron chi connectivity index (χ2n) is 9.47. The molecule has 0 saturated carbocycles. The Bertz CT molecular complexity index is 1130. The van der Waals surface area contributed by atoms with Crippen molar-refractivity contribution in [2.24, 2.45) is 0 Å². The number of nitrogens with one attached hydrogen (secondary N) is 1. The fraction of sp³-hybridized carbons (Fsp3) is 0.444. The zero-order valence-electron chi connectivity index (χ0n) is 22.0. The number of carbonyl (C=O) groups is 3. The maximum atomic E-state index is 13.6. The molecule has 38 heavy (non-hydrogen) atoms. The highest BCUT2D eigenvalue weighted by atomic mass is 16.5. The number of piperazine rings is 1. The average Bonchev–Trinajstić information content (AvgIpc) is 2.91. The molecule has 11 nitrogen and oxygen atoms in total. The van der Waals surface area contributed by atoms with E-state index < -0.39 is 12.2 Å². The smallest absolute Gasteiger partial charge is 0.334 e. The topological polar surface area (TPSA) is 115 Å². The lowest BCUT2D eigenvalue weighted by Gasteiger charge is -2.54. The third kappa shape index (κ3) is 6.00. The number of hydrogen-bond acceptors (Lipinski definition) is 7. The molecule has 4 rings (SSSR count). The summed E-state index contributed by atoms with van der Waals surface area (Å²) in [5, 5.41) is 15.8. The Balaban J connectivity index is 1.58. The van der Waals surface area contributed by atoms with Gasteiger partial charge in [0.2, 0.25) is 11.8 Å². The first-order valence-corrected chi connectivity index (χ1v) is 12.6. The Hall–Kier alpha value is -3.83. The first-order chi connectivity index (χ1) is 18.3. The molecule has 0 radical (unpaired) electrons. The molecule has 0 aliphatic carbocycles. The van der Waals surface area contributed by atoms with Gasteiger partial charge >= 0.3 is 6.03 Å². The lowest BCUT2D eigenvalue weighted by Crippen LogP contribution is -2.76. The summed E-state index contributed by atoms with van der Waals surface area (Å²) in [5.41, 5.74) is 1.71. The number of aromatic hydroxyl groups is 1. The van der Waals surface area contributed by atoms with Crippen LogP contribution in [0.5, 0.6) is 11.5 Å². The van der Waals surface area contributed by atoms with Crippen LogP contribution in [0.25, 0.3) is 0 Å². The van der Waals surface area contributed by atoms with Crippen molar-refractivity contribution in [2.75, 3.05) is 47.5 Å². The molecule has 4 amide bonds. The van der Waals surface area contributed by atoms with Crippen molar-refractivity contribution < 1.29 is 29.0 Å². The minimum Gasteiger partial charge on any atom is -0.508 e. The van der Waals surface area contributed by atoms with E-state index in [1.807, 2.05) is 24.3 Å². The van der Waals surface area contributed by atoms with Crippen LogP contribution in [0, 0.1) is 0 Å². The summed E-state index contributed by atoms with van der Waals surface area (Å²) in [4.78, 5) is 43.6. The SMILES string of the molecule is COCCCN1CC2N(C(=O)CN(C)N2C(=O)NCc2ccc(OC)cc2)C(Cc2ccc(O)cc2)C1=O. The number of hydrazine groups is 1. The number of urea groups is 1. The Morgan fingerprint density at radius 2 is 1.74 bits per heavy atom. The molecule has 0 spiro atoms. The molecule has 2 heterocycles. The molecule has 0 aromatic heterocycles. The van der Waals surface area contributed by atoms with E-state index in [-0.39, 0.29) is 43.1 Å². The van der Waals surface area contributed by atoms with Gasteiger partial charge in [0.1, 0.15) is 23.7 Å².